The number of oxime groups is 1. The average Bonchev–Trinajstić information content (AvgIpc) is 3.42. The topological polar surface area (TPSA) is 264 Å². The number of ether oxygens (including phenoxy) is 6. The number of esters is 1. The molecule has 20 heteroatoms. The summed E-state index contributed by atoms with van der Waals surface area (Å²) >= 11 is 0. The zero-order valence-electron chi connectivity index (χ0n) is 49.1. The summed E-state index contributed by atoms with van der Waals surface area (Å²) in [7, 11) is 8.24. The first-order valence-corrected chi connectivity index (χ1v) is 27.3. The summed E-state index contributed by atoms with van der Waals surface area (Å²) in [5.74, 6) is -2.12. The number of hydrogen-bond donors (Lipinski definition) is 6. The molecular weight excluding hydrogens is 1010 g/mol. The first kappa shape index (κ1) is 68.0. The third-order valence-corrected chi connectivity index (χ3v) is 16.3. The molecule has 3 aliphatic heterocycles. The van der Waals surface area contributed by atoms with Gasteiger partial charge in [0.15, 0.2) is 6.29 Å². The fourth-order valence-electron chi connectivity index (χ4n) is 11.1. The van der Waals surface area contributed by atoms with Crippen molar-refractivity contribution < 1.29 is 72.8 Å². The Morgan fingerprint density at radius 3 is 2.13 bits per heavy atom. The van der Waals surface area contributed by atoms with Gasteiger partial charge in [-0.3, -0.25) is 9.59 Å². The second-order valence-corrected chi connectivity index (χ2v) is 22.4. The number of aliphatic hydroxyl groups is 5. The molecule has 3 aliphatic rings. The van der Waals surface area contributed by atoms with E-state index in [-0.39, 0.29) is 48.3 Å². The smallest absolute Gasteiger partial charge is 0.311 e. The lowest BCUT2D eigenvalue weighted by Gasteiger charge is -2.42. The molecule has 1 aromatic heterocycles. The molecule has 0 radical (unpaired) electrons. The highest BCUT2D eigenvalue weighted by molar-refractivity contribution is 5.88. The summed E-state index contributed by atoms with van der Waals surface area (Å²) in [5, 5.41) is 68.6. The Balaban J connectivity index is 0.000000344. The Kier molecular flexibility index (Phi) is 27.1. The lowest BCUT2D eigenvalue weighted by molar-refractivity contribution is -0.204. The van der Waals surface area contributed by atoms with Crippen molar-refractivity contribution in [1.82, 2.24) is 15.2 Å². The van der Waals surface area contributed by atoms with Gasteiger partial charge in [0, 0.05) is 82.9 Å². The molecule has 4 unspecified atom stereocenters. The number of pyridine rings is 1. The molecule has 19 nitrogen and oxygen atoms in total. The van der Waals surface area contributed by atoms with Crippen molar-refractivity contribution in [2.45, 2.75) is 193 Å². The number of rotatable bonds is 14. The molecule has 18 atom stereocenters. The summed E-state index contributed by atoms with van der Waals surface area (Å²) in [4.78, 5) is 36.7. The van der Waals surface area contributed by atoms with E-state index in [1.165, 1.54) is 14.0 Å². The monoisotopic (exact) mass is 1100 g/mol. The first-order chi connectivity index (χ1) is 36.6. The van der Waals surface area contributed by atoms with Crippen LogP contribution in [0.25, 0.3) is 11.1 Å². The maximum Gasteiger partial charge on any atom is 0.311 e. The maximum atomic E-state index is 13.7. The number of halogens is 1. The summed E-state index contributed by atoms with van der Waals surface area (Å²) < 4.78 is 47.0. The molecule has 5 rings (SSSR count). The van der Waals surface area contributed by atoms with E-state index in [1.54, 1.807) is 77.8 Å². The van der Waals surface area contributed by atoms with Crippen LogP contribution in [0, 0.1) is 40.9 Å². The van der Waals surface area contributed by atoms with Crippen molar-refractivity contribution in [1.29, 1.82) is 5.26 Å². The molecule has 6 N–H and O–H groups in total. The van der Waals surface area contributed by atoms with Crippen LogP contribution in [-0.2, 0) is 42.8 Å². The maximum absolute atomic E-state index is 13.7. The van der Waals surface area contributed by atoms with Crippen molar-refractivity contribution in [3.8, 4) is 17.2 Å². The molecule has 78 heavy (non-hydrogen) atoms. The largest absolute Gasteiger partial charge is 0.459 e. The molecule has 3 saturated heterocycles. The minimum Gasteiger partial charge on any atom is -0.459 e. The third-order valence-electron chi connectivity index (χ3n) is 16.3. The van der Waals surface area contributed by atoms with E-state index in [0.29, 0.717) is 49.4 Å². The van der Waals surface area contributed by atoms with Gasteiger partial charge in [0.1, 0.15) is 49.5 Å². The molecular formula is C58H94FN5O14. The van der Waals surface area contributed by atoms with Gasteiger partial charge in [-0.25, -0.2) is 9.37 Å². The van der Waals surface area contributed by atoms with Gasteiger partial charge in [-0.05, 0) is 103 Å². The van der Waals surface area contributed by atoms with Crippen LogP contribution in [0.15, 0.2) is 47.8 Å². The highest BCUT2D eigenvalue weighted by Gasteiger charge is 2.48. The van der Waals surface area contributed by atoms with Crippen molar-refractivity contribution in [2.24, 2.45) is 34.7 Å². The lowest BCUT2D eigenvalue weighted by Crippen LogP contribution is -2.56. The molecule has 4 heterocycles. The van der Waals surface area contributed by atoms with Crippen LogP contribution in [0.3, 0.4) is 0 Å². The second-order valence-electron chi connectivity index (χ2n) is 22.4. The van der Waals surface area contributed by atoms with E-state index >= 15 is 0 Å². The number of cyclic esters (lactones) is 1. The number of benzene rings is 1. The average molecular weight is 1100 g/mol. The van der Waals surface area contributed by atoms with Gasteiger partial charge in [0.25, 0.3) is 0 Å². The molecule has 0 bridgehead atoms. The van der Waals surface area contributed by atoms with Crippen LogP contribution < -0.4 is 5.32 Å². The van der Waals surface area contributed by atoms with Crippen molar-refractivity contribution in [3.63, 3.8) is 0 Å². The van der Waals surface area contributed by atoms with E-state index in [0.717, 1.165) is 24.0 Å². The quantitative estimate of drug-likeness (QED) is 0.0895. The summed E-state index contributed by atoms with van der Waals surface area (Å²) in [5.41, 5.74) is 0.423. The Morgan fingerprint density at radius 2 is 1.60 bits per heavy atom. The number of nitriles is 1. The van der Waals surface area contributed by atoms with Crippen molar-refractivity contribution in [2.75, 3.05) is 55.3 Å². The molecule has 2 aromatic rings. The van der Waals surface area contributed by atoms with Gasteiger partial charge in [0.2, 0.25) is 5.91 Å². The zero-order valence-corrected chi connectivity index (χ0v) is 49.1. The third kappa shape index (κ3) is 18.1. The van der Waals surface area contributed by atoms with Crippen molar-refractivity contribution in [3.05, 3.63) is 53.9 Å². The summed E-state index contributed by atoms with van der Waals surface area (Å²) in [6.45, 7) is 20.7. The SMILES string of the molecule is CC1[C@H](O)O[C@H](C)C[C@@H]1N(C)CCC(=O)NC(CF)[C@H](O)c1ccc(-c2ccc(C#N)nc2)cc1.CC[C@H]1OC(=O)[C@H](C)[C@@H](OC)[C@H](C)C[C@](C)(OC)C[C@@H](C)/C(=N/OC)[C@H](C)C(O)[C@]1(C)O.CO[C@]1(C)CCOC(C)[C@@H]1O. The Labute approximate surface area is 463 Å². The number of carbonyl (C=O) groups is 2. The number of aliphatic hydroxyl groups excluding tert-OH is 4. The minimum atomic E-state index is -1.69. The van der Waals surface area contributed by atoms with Crippen LogP contribution in [0.2, 0.25) is 0 Å². The van der Waals surface area contributed by atoms with Crippen LogP contribution in [0.4, 0.5) is 4.39 Å². The van der Waals surface area contributed by atoms with Crippen LogP contribution in [-0.4, -0.2) is 180 Å². The Hall–Kier alpha value is -4.24. The summed E-state index contributed by atoms with van der Waals surface area (Å²) in [6, 6.07) is 11.3. The number of amides is 1. The second kappa shape index (κ2) is 31.1. The molecule has 0 saturated carbocycles. The van der Waals surface area contributed by atoms with E-state index in [2.05, 4.69) is 15.5 Å². The minimum absolute atomic E-state index is 0.00550. The van der Waals surface area contributed by atoms with Gasteiger partial charge < -0.3 is 69.0 Å². The zero-order chi connectivity index (χ0) is 58.9. The number of hydrogen-bond acceptors (Lipinski definition) is 18. The van der Waals surface area contributed by atoms with E-state index < -0.39 is 84.1 Å². The highest BCUT2D eigenvalue weighted by Crippen LogP contribution is 2.37. The number of nitrogens with zero attached hydrogens (tertiary/aromatic N) is 4. The van der Waals surface area contributed by atoms with Crippen LogP contribution in [0.1, 0.15) is 132 Å². The molecule has 1 aromatic carbocycles. The normalized spacial score (nSPS) is 35.3. The van der Waals surface area contributed by atoms with Gasteiger partial charge >= 0.3 is 5.97 Å². The highest BCUT2D eigenvalue weighted by atomic mass is 19.1. The standard InChI is InChI=1S/C26H33FN4O4.C24H45NO7.C8H16O3/c1-16-12-23(17(2)26(34)35-16)31(3)11-10-24(32)30-22(13-27)25(33)19-6-4-18(5-7-19)20-8-9-21(14-28)29-15-20;1-11-18-24(7,28)21(26)16(4)19(25-31-10)14(2)12-23(6,30-9)13-15(3)20(29-8)17(5)22(27)32-18;1-6-7(9)8(2,10-3)4-5-11-6/h4-9,15-17,22-23,25-26,33-34H,10-13H2,1-3H3,(H,30,32);14-18,20-21,26,28H,11-13H2,1-10H3;6-7,9H,4-5H2,1-3H3/b;25-19-;/t16-,17?,22?,23+,25-,26-;14-,15-,16+,17-,18-,20+,21?,23-,24-;6?,7-,8+/m110/s1. The number of methoxy groups -OCH3 is 3. The van der Waals surface area contributed by atoms with E-state index in [4.69, 9.17) is 38.5 Å². The van der Waals surface area contributed by atoms with E-state index in [1.807, 2.05) is 73.4 Å². The molecule has 1 amide bonds. The molecule has 0 aliphatic carbocycles. The van der Waals surface area contributed by atoms with Gasteiger partial charge in [-0.2, -0.15) is 5.26 Å². The first-order valence-electron chi connectivity index (χ1n) is 27.3. The number of nitrogens with one attached hydrogen (secondary N) is 1. The van der Waals surface area contributed by atoms with Gasteiger partial charge in [-0.1, -0.05) is 64.0 Å². The van der Waals surface area contributed by atoms with Gasteiger partial charge in [-0.15, -0.1) is 0 Å². The van der Waals surface area contributed by atoms with Crippen LogP contribution >= 0.6 is 0 Å². The lowest BCUT2D eigenvalue weighted by atomic mass is 9.75. The predicted molar refractivity (Wildman–Crippen MR) is 293 cm³/mol. The fourth-order valence-corrected chi connectivity index (χ4v) is 11.1. The summed E-state index contributed by atoms with van der Waals surface area (Å²) in [6.07, 6.45) is -0.439. The van der Waals surface area contributed by atoms with E-state index in [9.17, 15) is 39.5 Å². The number of alkyl halides is 1. The number of aromatic nitrogens is 1. The van der Waals surface area contributed by atoms with Crippen LogP contribution in [0.5, 0.6) is 0 Å². The number of carbonyl (C=O) groups excluding carboxylic acids is 2. The predicted octanol–water partition coefficient (Wildman–Crippen LogP) is 6.30. The Bertz CT molecular complexity index is 2200. The fraction of sp³-hybridized carbons (Fsp3) is 0.741. The molecule has 3 fully saturated rings. The van der Waals surface area contributed by atoms with Gasteiger partial charge in [0.05, 0.1) is 53.3 Å². The molecule has 0 spiro atoms. The Morgan fingerprint density at radius 1 is 0.962 bits per heavy atom. The molecule has 442 valence electrons. The van der Waals surface area contributed by atoms with Crippen molar-refractivity contribution >= 4 is 17.6 Å².